The van der Waals surface area contributed by atoms with Crippen LogP contribution in [0.3, 0.4) is 0 Å². The largest absolute Gasteiger partial charge is 0.382 e. The van der Waals surface area contributed by atoms with Gasteiger partial charge in [-0.05, 0) is 32.0 Å². The van der Waals surface area contributed by atoms with Crippen molar-refractivity contribution in [3.8, 4) is 0 Å². The lowest BCUT2D eigenvalue weighted by Gasteiger charge is -2.28. The number of fused-ring (bicyclic) bond motifs is 1. The van der Waals surface area contributed by atoms with Crippen molar-refractivity contribution in [2.45, 2.75) is 25.3 Å². The zero-order valence-corrected chi connectivity index (χ0v) is 11.5. The number of rotatable bonds is 4. The van der Waals surface area contributed by atoms with E-state index in [9.17, 15) is 4.39 Å². The fourth-order valence-electron chi connectivity index (χ4n) is 2.28. The Hall–Kier alpha value is -1.13. The molecule has 0 fully saturated rings. The molecule has 0 saturated carbocycles. The first-order chi connectivity index (χ1) is 8.49. The van der Waals surface area contributed by atoms with Crippen LogP contribution >= 0.6 is 11.6 Å². The molecule has 0 atom stereocenters. The van der Waals surface area contributed by atoms with Gasteiger partial charge in [0.2, 0.25) is 0 Å². The van der Waals surface area contributed by atoms with E-state index in [1.165, 1.54) is 12.1 Å². The van der Waals surface area contributed by atoms with Gasteiger partial charge in [0.05, 0.1) is 29.1 Å². The molecule has 2 aromatic rings. The van der Waals surface area contributed by atoms with Crippen molar-refractivity contribution < 1.29 is 9.13 Å². The van der Waals surface area contributed by atoms with Gasteiger partial charge in [-0.15, -0.1) is 11.6 Å². The average Bonchev–Trinajstić information content (AvgIpc) is 2.67. The van der Waals surface area contributed by atoms with Crippen LogP contribution in [0, 0.1) is 5.82 Å². The van der Waals surface area contributed by atoms with Gasteiger partial charge in [-0.3, -0.25) is 0 Å². The van der Waals surface area contributed by atoms with Crippen molar-refractivity contribution in [1.29, 1.82) is 0 Å². The first kappa shape index (κ1) is 13.3. The predicted molar refractivity (Wildman–Crippen MR) is 70.4 cm³/mol. The minimum absolute atomic E-state index is 0.280. The maximum absolute atomic E-state index is 13.4. The van der Waals surface area contributed by atoms with E-state index < -0.39 is 0 Å². The van der Waals surface area contributed by atoms with Crippen molar-refractivity contribution >= 4 is 22.6 Å². The SMILES string of the molecule is COCC(C)(C)n1c(CCl)nc2ccc(F)cc21. The van der Waals surface area contributed by atoms with Gasteiger partial charge in [0.25, 0.3) is 0 Å². The Balaban J connectivity index is 2.69. The summed E-state index contributed by atoms with van der Waals surface area (Å²) >= 11 is 5.93. The molecule has 1 aromatic carbocycles. The molecular weight excluding hydrogens is 255 g/mol. The maximum atomic E-state index is 13.4. The predicted octanol–water partition coefficient (Wildman–Crippen LogP) is 3.30. The minimum atomic E-state index is -0.332. The second-order valence-corrected chi connectivity index (χ2v) is 5.14. The van der Waals surface area contributed by atoms with Crippen LogP contribution in [0.15, 0.2) is 18.2 Å². The van der Waals surface area contributed by atoms with Crippen LogP contribution in [0.25, 0.3) is 11.0 Å². The highest BCUT2D eigenvalue weighted by molar-refractivity contribution is 6.16. The molecule has 0 amide bonds. The van der Waals surface area contributed by atoms with Crippen LogP contribution in [-0.2, 0) is 16.2 Å². The number of benzene rings is 1. The van der Waals surface area contributed by atoms with Crippen molar-refractivity contribution in [1.82, 2.24) is 9.55 Å². The van der Waals surface area contributed by atoms with Gasteiger partial charge in [-0.25, -0.2) is 9.37 Å². The lowest BCUT2D eigenvalue weighted by molar-refractivity contribution is 0.110. The minimum Gasteiger partial charge on any atom is -0.382 e. The van der Waals surface area contributed by atoms with Gasteiger partial charge in [-0.2, -0.15) is 0 Å². The Morgan fingerprint density at radius 3 is 2.78 bits per heavy atom. The molecule has 0 unspecified atom stereocenters. The second kappa shape index (κ2) is 4.86. The normalized spacial score (nSPS) is 12.3. The highest BCUT2D eigenvalue weighted by Crippen LogP contribution is 2.27. The van der Waals surface area contributed by atoms with E-state index in [1.54, 1.807) is 13.2 Å². The summed E-state index contributed by atoms with van der Waals surface area (Å²) in [5.74, 6) is 0.723. The molecule has 0 aliphatic heterocycles. The number of hydrogen-bond acceptors (Lipinski definition) is 2. The second-order valence-electron chi connectivity index (χ2n) is 4.88. The smallest absolute Gasteiger partial charge is 0.125 e. The zero-order valence-electron chi connectivity index (χ0n) is 10.7. The summed E-state index contributed by atoms with van der Waals surface area (Å²) in [6, 6.07) is 4.55. The number of imidazole rings is 1. The van der Waals surface area contributed by atoms with Crippen LogP contribution in [0.1, 0.15) is 19.7 Å². The monoisotopic (exact) mass is 270 g/mol. The molecule has 98 valence electrons. The molecule has 0 bridgehead atoms. The van der Waals surface area contributed by atoms with E-state index in [0.717, 1.165) is 16.9 Å². The van der Waals surface area contributed by atoms with Crippen molar-refractivity contribution in [2.24, 2.45) is 0 Å². The average molecular weight is 271 g/mol. The quantitative estimate of drug-likeness (QED) is 0.797. The van der Waals surface area contributed by atoms with E-state index in [1.807, 2.05) is 18.4 Å². The number of halogens is 2. The van der Waals surface area contributed by atoms with Gasteiger partial charge in [0.15, 0.2) is 0 Å². The first-order valence-electron chi connectivity index (χ1n) is 5.72. The number of hydrogen-bond donors (Lipinski definition) is 0. The number of aromatic nitrogens is 2. The van der Waals surface area contributed by atoms with E-state index in [2.05, 4.69) is 4.98 Å². The third-order valence-electron chi connectivity index (χ3n) is 2.91. The first-order valence-corrected chi connectivity index (χ1v) is 6.25. The number of ether oxygens (including phenoxy) is 1. The highest BCUT2D eigenvalue weighted by atomic mass is 35.5. The van der Waals surface area contributed by atoms with E-state index >= 15 is 0 Å². The molecule has 0 N–H and O–H groups in total. The summed E-state index contributed by atoms with van der Waals surface area (Å²) in [6.45, 7) is 4.52. The topological polar surface area (TPSA) is 27.1 Å². The summed E-state index contributed by atoms with van der Waals surface area (Å²) in [5.41, 5.74) is 1.16. The summed E-state index contributed by atoms with van der Waals surface area (Å²) in [7, 11) is 1.64. The molecule has 3 nitrogen and oxygen atoms in total. The third kappa shape index (κ3) is 2.22. The molecule has 1 heterocycles. The summed E-state index contributed by atoms with van der Waals surface area (Å²) in [4.78, 5) is 4.43. The van der Waals surface area contributed by atoms with Crippen LogP contribution < -0.4 is 0 Å². The molecule has 0 radical (unpaired) electrons. The van der Waals surface area contributed by atoms with Crippen molar-refractivity contribution in [2.75, 3.05) is 13.7 Å². The molecule has 5 heteroatoms. The van der Waals surface area contributed by atoms with Crippen LogP contribution in [0.5, 0.6) is 0 Å². The standard InChI is InChI=1S/C13H16ClFN2O/c1-13(2,8-18-3)17-11-6-9(15)4-5-10(11)16-12(17)7-14/h4-6H,7-8H2,1-3H3. The van der Waals surface area contributed by atoms with Crippen molar-refractivity contribution in [3.05, 3.63) is 29.8 Å². The third-order valence-corrected chi connectivity index (χ3v) is 3.15. The Morgan fingerprint density at radius 2 is 2.17 bits per heavy atom. The molecular formula is C13H16ClFN2O. The molecule has 0 saturated heterocycles. The zero-order chi connectivity index (χ0) is 13.3. The Bertz CT molecular complexity index is 565. The van der Waals surface area contributed by atoms with Gasteiger partial charge in [-0.1, -0.05) is 0 Å². The van der Waals surface area contributed by atoms with E-state index in [4.69, 9.17) is 16.3 Å². The molecule has 2 rings (SSSR count). The Labute approximate surface area is 111 Å². The van der Waals surface area contributed by atoms with Gasteiger partial charge < -0.3 is 9.30 Å². The van der Waals surface area contributed by atoms with E-state index in [-0.39, 0.29) is 17.2 Å². The molecule has 0 aliphatic rings. The van der Waals surface area contributed by atoms with Gasteiger partial charge in [0.1, 0.15) is 11.6 Å². The summed E-state index contributed by atoms with van der Waals surface area (Å²) < 4.78 is 20.6. The molecule has 1 aromatic heterocycles. The fraction of sp³-hybridized carbons (Fsp3) is 0.462. The molecule has 18 heavy (non-hydrogen) atoms. The summed E-state index contributed by atoms with van der Waals surface area (Å²) in [5, 5.41) is 0. The maximum Gasteiger partial charge on any atom is 0.125 e. The van der Waals surface area contributed by atoms with E-state index in [0.29, 0.717) is 6.61 Å². The number of nitrogens with zero attached hydrogens (tertiary/aromatic N) is 2. The lowest BCUT2D eigenvalue weighted by Crippen LogP contribution is -2.32. The van der Waals surface area contributed by atoms with Gasteiger partial charge in [0, 0.05) is 7.11 Å². The van der Waals surface area contributed by atoms with Crippen LogP contribution in [0.4, 0.5) is 4.39 Å². The van der Waals surface area contributed by atoms with Crippen LogP contribution in [-0.4, -0.2) is 23.3 Å². The van der Waals surface area contributed by atoms with Crippen molar-refractivity contribution in [3.63, 3.8) is 0 Å². The number of methoxy groups -OCH3 is 1. The lowest BCUT2D eigenvalue weighted by atomic mass is 10.1. The molecule has 0 aliphatic carbocycles. The Kier molecular flexibility index (Phi) is 3.59. The highest BCUT2D eigenvalue weighted by Gasteiger charge is 2.25. The van der Waals surface area contributed by atoms with Crippen LogP contribution in [0.2, 0.25) is 0 Å². The summed E-state index contributed by atoms with van der Waals surface area (Å²) in [6.07, 6.45) is 0. The fourth-order valence-corrected chi connectivity index (χ4v) is 2.46. The Morgan fingerprint density at radius 1 is 1.44 bits per heavy atom. The van der Waals surface area contributed by atoms with Gasteiger partial charge >= 0.3 is 0 Å². The molecule has 0 spiro atoms. The number of alkyl halides is 1.